The Hall–Kier alpha value is -1.65. The van der Waals surface area contributed by atoms with Gasteiger partial charge >= 0.3 is 13.8 Å². The Labute approximate surface area is 70.6 Å². The van der Waals surface area contributed by atoms with Gasteiger partial charge in [0.15, 0.2) is 0 Å². The van der Waals surface area contributed by atoms with Crippen LogP contribution in [0.2, 0.25) is 0 Å². The quantitative estimate of drug-likeness (QED) is 0.668. The minimum absolute atomic E-state index is 0.582. The van der Waals surface area contributed by atoms with Gasteiger partial charge in [0, 0.05) is 0 Å². The molecule has 12 heavy (non-hydrogen) atoms. The first-order chi connectivity index (χ1) is 5.79. The zero-order valence-corrected chi connectivity index (χ0v) is 6.27. The average Bonchev–Trinajstić information content (AvgIpc) is 2.05. The lowest BCUT2D eigenvalue weighted by Gasteiger charge is -2.01. The number of carbonyl (C=O) groups is 1. The topological polar surface area (TPSA) is 61.6 Å². The summed E-state index contributed by atoms with van der Waals surface area (Å²) >= 11 is 0. The molecule has 0 aliphatic carbocycles. The third kappa shape index (κ3) is 2.96. The summed E-state index contributed by atoms with van der Waals surface area (Å²) in [5.74, 6) is 0.582. The number of nitrogens with two attached hydrogens (primary N) is 1. The summed E-state index contributed by atoms with van der Waals surface area (Å²) in [5, 5.41) is 0. The second-order valence-electron chi connectivity index (χ2n) is 1.96. The monoisotopic (exact) mass is 164 g/mol. The first-order valence-corrected chi connectivity index (χ1v) is 3.28. The second-order valence-corrected chi connectivity index (χ2v) is 1.96. The van der Waals surface area contributed by atoms with Crippen LogP contribution in [0.5, 0.6) is 5.75 Å². The highest BCUT2D eigenvalue weighted by molar-refractivity contribution is 6.23. The maximum atomic E-state index is 10.1. The van der Waals surface area contributed by atoms with Crippen LogP contribution in [-0.4, -0.2) is 13.8 Å². The number of hydrogen-bond acceptors (Lipinski definition) is 3. The van der Waals surface area contributed by atoms with E-state index in [0.717, 1.165) is 7.69 Å². The van der Waals surface area contributed by atoms with Gasteiger partial charge in [0.25, 0.3) is 0 Å². The summed E-state index contributed by atoms with van der Waals surface area (Å²) in [6.07, 6.45) is -0.897. The van der Waals surface area contributed by atoms with E-state index in [1.54, 1.807) is 24.3 Å². The van der Waals surface area contributed by atoms with Crippen molar-refractivity contribution in [1.82, 2.24) is 0 Å². The molecule has 0 aliphatic rings. The summed E-state index contributed by atoms with van der Waals surface area (Å²) in [7, 11) is 0.887. The molecule has 1 aromatic carbocycles. The SMILES string of the molecule is NC(=O)O[B]Oc1ccccc1. The van der Waals surface area contributed by atoms with Crippen molar-refractivity contribution in [2.24, 2.45) is 5.73 Å². The first-order valence-electron chi connectivity index (χ1n) is 3.28. The molecule has 5 heteroatoms. The highest BCUT2D eigenvalue weighted by Gasteiger charge is 2.00. The van der Waals surface area contributed by atoms with Gasteiger partial charge < -0.3 is 15.0 Å². The van der Waals surface area contributed by atoms with Crippen molar-refractivity contribution >= 4 is 13.8 Å². The summed E-state index contributed by atoms with van der Waals surface area (Å²) in [4.78, 5) is 10.1. The Balaban J connectivity index is 2.29. The smallest absolute Gasteiger partial charge is 0.526 e. The van der Waals surface area contributed by atoms with Crippen LogP contribution in [0.15, 0.2) is 30.3 Å². The van der Waals surface area contributed by atoms with Gasteiger partial charge in [-0.25, -0.2) is 4.79 Å². The van der Waals surface area contributed by atoms with Gasteiger partial charge in [-0.2, -0.15) is 0 Å². The van der Waals surface area contributed by atoms with Crippen molar-refractivity contribution in [3.63, 3.8) is 0 Å². The molecule has 1 rings (SSSR count). The zero-order chi connectivity index (χ0) is 8.81. The van der Waals surface area contributed by atoms with Gasteiger partial charge in [0.05, 0.1) is 0 Å². The molecule has 0 saturated carbocycles. The Morgan fingerprint density at radius 1 is 1.33 bits per heavy atom. The molecule has 1 aromatic rings. The van der Waals surface area contributed by atoms with Gasteiger partial charge in [-0.05, 0) is 12.1 Å². The molecule has 0 bridgehead atoms. The predicted octanol–water partition coefficient (Wildman–Crippen LogP) is 0.695. The van der Waals surface area contributed by atoms with Crippen molar-refractivity contribution in [2.45, 2.75) is 0 Å². The number of hydrogen-bond donors (Lipinski definition) is 1. The molecule has 0 saturated heterocycles. The number of primary amides is 1. The van der Waals surface area contributed by atoms with Crippen molar-refractivity contribution in [2.75, 3.05) is 0 Å². The van der Waals surface area contributed by atoms with E-state index in [0.29, 0.717) is 5.75 Å². The van der Waals surface area contributed by atoms with Crippen LogP contribution in [-0.2, 0) is 4.65 Å². The van der Waals surface area contributed by atoms with Crippen LogP contribution in [0.3, 0.4) is 0 Å². The van der Waals surface area contributed by atoms with Crippen molar-refractivity contribution < 1.29 is 14.1 Å². The number of carbonyl (C=O) groups excluding carboxylic acids is 1. The lowest BCUT2D eigenvalue weighted by Crippen LogP contribution is -2.19. The fraction of sp³-hybridized carbons (Fsp3) is 0. The molecule has 0 aliphatic heterocycles. The third-order valence-electron chi connectivity index (χ3n) is 1.09. The van der Waals surface area contributed by atoms with E-state index >= 15 is 0 Å². The molecule has 61 valence electrons. The largest absolute Gasteiger partial charge is 0.661 e. The van der Waals surface area contributed by atoms with Crippen LogP contribution in [0.4, 0.5) is 4.79 Å². The van der Waals surface area contributed by atoms with E-state index in [1.807, 2.05) is 6.07 Å². The highest BCUT2D eigenvalue weighted by Crippen LogP contribution is 2.06. The standard InChI is InChI=1S/C7H7BNO3/c9-7(10)12-8-11-6-4-2-1-3-5-6/h1-5H,(H2,9,10). The summed E-state index contributed by atoms with van der Waals surface area (Å²) < 4.78 is 9.11. The molecular weight excluding hydrogens is 157 g/mol. The van der Waals surface area contributed by atoms with Crippen LogP contribution >= 0.6 is 0 Å². The minimum Gasteiger partial charge on any atom is -0.526 e. The highest BCUT2D eigenvalue weighted by atomic mass is 16.6. The molecular formula is C7H7BNO3. The van der Waals surface area contributed by atoms with E-state index in [9.17, 15) is 4.79 Å². The minimum atomic E-state index is -0.897. The van der Waals surface area contributed by atoms with Crippen molar-refractivity contribution in [1.29, 1.82) is 0 Å². The zero-order valence-electron chi connectivity index (χ0n) is 6.27. The number of amides is 1. The Kier molecular flexibility index (Phi) is 3.01. The second kappa shape index (κ2) is 4.28. The Morgan fingerprint density at radius 2 is 2.00 bits per heavy atom. The van der Waals surface area contributed by atoms with Gasteiger partial charge in [0.2, 0.25) is 0 Å². The Morgan fingerprint density at radius 3 is 2.58 bits per heavy atom. The normalized spacial score (nSPS) is 8.67. The molecule has 4 nitrogen and oxygen atoms in total. The van der Waals surface area contributed by atoms with Crippen LogP contribution in [0, 0.1) is 0 Å². The molecule has 0 aromatic heterocycles. The maximum Gasteiger partial charge on any atom is 0.661 e. The van der Waals surface area contributed by atoms with Crippen LogP contribution in [0.25, 0.3) is 0 Å². The lowest BCUT2D eigenvalue weighted by molar-refractivity contribution is 0.207. The number of para-hydroxylation sites is 1. The van der Waals surface area contributed by atoms with Crippen LogP contribution in [0.1, 0.15) is 0 Å². The summed E-state index contributed by atoms with van der Waals surface area (Å²) in [6, 6.07) is 8.89. The molecule has 0 fully saturated rings. The fourth-order valence-corrected chi connectivity index (χ4v) is 0.626. The molecule has 0 unspecified atom stereocenters. The van der Waals surface area contributed by atoms with Gasteiger partial charge in [0.1, 0.15) is 5.75 Å². The number of benzene rings is 1. The fourth-order valence-electron chi connectivity index (χ4n) is 0.626. The molecule has 1 radical (unpaired) electrons. The third-order valence-corrected chi connectivity index (χ3v) is 1.09. The molecule has 0 atom stereocenters. The average molecular weight is 164 g/mol. The molecule has 2 N–H and O–H groups in total. The number of rotatable bonds is 3. The lowest BCUT2D eigenvalue weighted by atomic mass is 10.3. The maximum absolute atomic E-state index is 10.1. The summed E-state index contributed by atoms with van der Waals surface area (Å²) in [5.41, 5.74) is 4.68. The van der Waals surface area contributed by atoms with Crippen molar-refractivity contribution in [3.05, 3.63) is 30.3 Å². The predicted molar refractivity (Wildman–Crippen MR) is 43.5 cm³/mol. The molecule has 1 amide bonds. The molecule has 0 spiro atoms. The molecule has 0 heterocycles. The first kappa shape index (κ1) is 8.45. The van der Waals surface area contributed by atoms with E-state index in [2.05, 4.69) is 10.4 Å². The van der Waals surface area contributed by atoms with E-state index in [1.165, 1.54) is 0 Å². The van der Waals surface area contributed by atoms with Gasteiger partial charge in [-0.3, -0.25) is 0 Å². The van der Waals surface area contributed by atoms with E-state index in [4.69, 9.17) is 4.65 Å². The van der Waals surface area contributed by atoms with Crippen molar-refractivity contribution in [3.8, 4) is 5.75 Å². The summed E-state index contributed by atoms with van der Waals surface area (Å²) in [6.45, 7) is 0. The van der Waals surface area contributed by atoms with Gasteiger partial charge in [-0.15, -0.1) is 0 Å². The van der Waals surface area contributed by atoms with E-state index in [-0.39, 0.29) is 0 Å². The van der Waals surface area contributed by atoms with Gasteiger partial charge in [-0.1, -0.05) is 18.2 Å². The Bertz CT molecular complexity index is 252. The van der Waals surface area contributed by atoms with E-state index < -0.39 is 6.09 Å². The van der Waals surface area contributed by atoms with Crippen LogP contribution < -0.4 is 10.4 Å².